The van der Waals surface area contributed by atoms with E-state index < -0.39 is 41.9 Å². The van der Waals surface area contributed by atoms with Gasteiger partial charge in [0.2, 0.25) is 5.91 Å². The maximum atomic E-state index is 14.0. The van der Waals surface area contributed by atoms with Gasteiger partial charge in [0, 0.05) is 23.5 Å². The van der Waals surface area contributed by atoms with Gasteiger partial charge in [-0.05, 0) is 115 Å². The maximum Gasteiger partial charge on any atom is 0.416 e. The number of allylic oxidation sites excluding steroid dienone is 2. The van der Waals surface area contributed by atoms with E-state index in [1.165, 1.54) is 85.9 Å². The molecule has 0 fully saturated rings. The lowest BCUT2D eigenvalue weighted by Gasteiger charge is -2.28. The number of methoxy groups -OCH3 is 1. The van der Waals surface area contributed by atoms with Crippen LogP contribution in [0.3, 0.4) is 0 Å². The van der Waals surface area contributed by atoms with E-state index in [1.54, 1.807) is 42.5 Å². The molecule has 4 aromatic rings. The van der Waals surface area contributed by atoms with E-state index in [0.29, 0.717) is 35.8 Å². The van der Waals surface area contributed by atoms with Gasteiger partial charge in [0.15, 0.2) is 0 Å². The summed E-state index contributed by atoms with van der Waals surface area (Å²) >= 11 is 0. The first kappa shape index (κ1) is 42.8. The third-order valence-electron chi connectivity index (χ3n) is 9.43. The summed E-state index contributed by atoms with van der Waals surface area (Å²) in [7, 11) is 1.25. The number of benzene rings is 4. The summed E-state index contributed by atoms with van der Waals surface area (Å²) in [4.78, 5) is 52.9. The summed E-state index contributed by atoms with van der Waals surface area (Å²) in [5.74, 6) is -2.08. The molecule has 58 heavy (non-hydrogen) atoms. The van der Waals surface area contributed by atoms with Crippen molar-refractivity contribution in [2.75, 3.05) is 30.5 Å². The fourth-order valence-electron chi connectivity index (χ4n) is 6.28. The minimum absolute atomic E-state index is 0.00832. The standard InChI is InChI=1S/C45H45F3N2O8/c1-3-4-5-6-7-25-57-37-22-15-32(16-23-37)44(55)58-38-20-11-30(12-21-38)29-50(36-10-8-9-34(26-36)43(53)54)42(52)31-13-18-35(19-14-31)49-41(51)27-33-17-24-39(56-2)28-40(33)45(46,47)48/h8-11,13-24,26,28,30H,3-7,12,25,27,29H2,1-2H3,(H,49,51)(H,53,54). The topological polar surface area (TPSA) is 131 Å². The molecule has 0 saturated heterocycles. The van der Waals surface area contributed by atoms with Gasteiger partial charge >= 0.3 is 18.1 Å². The van der Waals surface area contributed by atoms with Gasteiger partial charge in [-0.1, -0.05) is 50.8 Å². The molecular weight excluding hydrogens is 753 g/mol. The SMILES string of the molecule is CCCCCCCOc1ccc(C(=O)OC2=CCC(CN(C(=O)c3ccc(NC(=O)Cc4ccc(OC)cc4C(F)(F)F)cc3)c3cccc(C(=O)O)c3)C=C2)cc1. The maximum absolute atomic E-state index is 14.0. The van der Waals surface area contributed by atoms with Gasteiger partial charge in [0.25, 0.3) is 5.91 Å². The molecule has 1 atom stereocenters. The van der Waals surface area contributed by atoms with E-state index >= 15 is 0 Å². The number of esters is 1. The Morgan fingerprint density at radius 2 is 1.55 bits per heavy atom. The zero-order valence-electron chi connectivity index (χ0n) is 32.2. The van der Waals surface area contributed by atoms with Gasteiger partial charge in [-0.3, -0.25) is 9.59 Å². The Bertz CT molecular complexity index is 2130. The molecule has 0 spiro atoms. The van der Waals surface area contributed by atoms with E-state index in [0.717, 1.165) is 18.9 Å². The van der Waals surface area contributed by atoms with Crippen molar-refractivity contribution < 1.29 is 51.7 Å². The number of halogens is 3. The van der Waals surface area contributed by atoms with Crippen LogP contribution in [0.1, 0.15) is 87.6 Å². The number of amides is 2. The number of carbonyl (C=O) groups is 4. The second kappa shape index (κ2) is 20.2. The van der Waals surface area contributed by atoms with E-state index in [-0.39, 0.29) is 40.6 Å². The highest BCUT2D eigenvalue weighted by atomic mass is 19.4. The number of rotatable bonds is 18. The molecule has 4 aromatic carbocycles. The largest absolute Gasteiger partial charge is 0.497 e. The smallest absolute Gasteiger partial charge is 0.416 e. The van der Waals surface area contributed by atoms with Gasteiger partial charge in [-0.15, -0.1) is 0 Å². The highest BCUT2D eigenvalue weighted by molar-refractivity contribution is 6.07. The van der Waals surface area contributed by atoms with Gasteiger partial charge in [0.1, 0.15) is 17.3 Å². The van der Waals surface area contributed by atoms with Crippen LogP contribution < -0.4 is 19.7 Å². The average molecular weight is 799 g/mol. The Balaban J connectivity index is 1.22. The van der Waals surface area contributed by atoms with Crippen LogP contribution in [0.25, 0.3) is 0 Å². The fourth-order valence-corrected chi connectivity index (χ4v) is 6.28. The molecule has 304 valence electrons. The van der Waals surface area contributed by atoms with Crippen LogP contribution in [-0.2, 0) is 22.1 Å². The number of carboxylic acid groups (broad SMARTS) is 1. The van der Waals surface area contributed by atoms with Crippen LogP contribution in [-0.4, -0.2) is 49.1 Å². The Morgan fingerprint density at radius 3 is 2.21 bits per heavy atom. The third kappa shape index (κ3) is 12.1. The van der Waals surface area contributed by atoms with Crippen molar-refractivity contribution >= 4 is 35.1 Å². The van der Waals surface area contributed by atoms with Crippen LogP contribution in [0.5, 0.6) is 11.5 Å². The molecule has 2 amide bonds. The zero-order valence-corrected chi connectivity index (χ0v) is 32.2. The monoisotopic (exact) mass is 798 g/mol. The molecule has 13 heteroatoms. The summed E-state index contributed by atoms with van der Waals surface area (Å²) < 4.78 is 57.3. The van der Waals surface area contributed by atoms with E-state index in [4.69, 9.17) is 14.2 Å². The van der Waals surface area contributed by atoms with Crippen molar-refractivity contribution in [3.05, 3.63) is 143 Å². The summed E-state index contributed by atoms with van der Waals surface area (Å²) in [6.07, 6.45) is 6.02. The van der Waals surface area contributed by atoms with E-state index in [1.807, 2.05) is 6.08 Å². The van der Waals surface area contributed by atoms with Crippen LogP contribution in [0.15, 0.2) is 115 Å². The molecule has 0 aromatic heterocycles. The van der Waals surface area contributed by atoms with Crippen molar-refractivity contribution in [1.29, 1.82) is 0 Å². The van der Waals surface area contributed by atoms with Gasteiger partial charge in [-0.2, -0.15) is 13.2 Å². The quantitative estimate of drug-likeness (QED) is 0.0752. The first-order valence-electron chi connectivity index (χ1n) is 19.0. The molecule has 0 radical (unpaired) electrons. The fraction of sp³-hybridized carbons (Fsp3) is 0.289. The molecule has 10 nitrogen and oxygen atoms in total. The normalized spacial score (nSPS) is 13.6. The second-order valence-electron chi connectivity index (χ2n) is 13.7. The Morgan fingerprint density at radius 1 is 0.845 bits per heavy atom. The number of hydrogen-bond donors (Lipinski definition) is 2. The summed E-state index contributed by atoms with van der Waals surface area (Å²) in [6, 6.07) is 21.9. The number of unbranched alkanes of at least 4 members (excludes halogenated alkanes) is 4. The molecule has 0 aliphatic heterocycles. The lowest BCUT2D eigenvalue weighted by molar-refractivity contribution is -0.138. The lowest BCUT2D eigenvalue weighted by Crippen LogP contribution is -2.35. The molecular formula is C45H45F3N2O8. The molecule has 0 bridgehead atoms. The number of anilines is 2. The molecule has 1 unspecified atom stereocenters. The zero-order chi connectivity index (χ0) is 41.7. The number of carboxylic acids is 1. The van der Waals surface area contributed by atoms with Crippen LogP contribution in [0.4, 0.5) is 24.5 Å². The highest BCUT2D eigenvalue weighted by Gasteiger charge is 2.34. The molecule has 2 N–H and O–H groups in total. The van der Waals surface area contributed by atoms with Crippen molar-refractivity contribution in [1.82, 2.24) is 0 Å². The Labute approximate surface area is 334 Å². The van der Waals surface area contributed by atoms with Crippen molar-refractivity contribution in [3.63, 3.8) is 0 Å². The minimum atomic E-state index is -4.70. The predicted octanol–water partition coefficient (Wildman–Crippen LogP) is 9.91. The number of alkyl halides is 3. The Hall–Kier alpha value is -6.37. The number of carbonyl (C=O) groups excluding carboxylic acids is 3. The van der Waals surface area contributed by atoms with Crippen molar-refractivity contribution in [2.45, 2.75) is 58.0 Å². The number of aromatic carboxylic acids is 1. The molecule has 1 aliphatic carbocycles. The molecule has 1 aliphatic rings. The first-order chi connectivity index (χ1) is 27.8. The highest BCUT2D eigenvalue weighted by Crippen LogP contribution is 2.35. The summed E-state index contributed by atoms with van der Waals surface area (Å²) in [5.41, 5.74) is -0.0709. The minimum Gasteiger partial charge on any atom is -0.497 e. The van der Waals surface area contributed by atoms with Gasteiger partial charge in [-0.25, -0.2) is 9.59 Å². The van der Waals surface area contributed by atoms with Crippen molar-refractivity contribution in [2.24, 2.45) is 5.92 Å². The molecule has 0 saturated carbocycles. The molecule has 0 heterocycles. The Kier molecular flexibility index (Phi) is 14.9. The summed E-state index contributed by atoms with van der Waals surface area (Å²) in [5, 5.41) is 12.2. The van der Waals surface area contributed by atoms with Gasteiger partial charge in [0.05, 0.1) is 36.8 Å². The van der Waals surface area contributed by atoms with E-state index in [2.05, 4.69) is 12.2 Å². The van der Waals surface area contributed by atoms with Gasteiger partial charge < -0.3 is 29.5 Å². The number of nitrogens with one attached hydrogen (secondary N) is 1. The lowest BCUT2D eigenvalue weighted by atomic mass is 9.98. The van der Waals surface area contributed by atoms with Crippen LogP contribution in [0, 0.1) is 5.92 Å². The van der Waals surface area contributed by atoms with Crippen molar-refractivity contribution in [3.8, 4) is 11.5 Å². The number of nitrogens with zero attached hydrogens (tertiary/aromatic N) is 1. The second-order valence-corrected chi connectivity index (χ2v) is 13.7. The predicted molar refractivity (Wildman–Crippen MR) is 213 cm³/mol. The summed E-state index contributed by atoms with van der Waals surface area (Å²) in [6.45, 7) is 2.92. The first-order valence-corrected chi connectivity index (χ1v) is 19.0. The number of ether oxygens (including phenoxy) is 3. The average Bonchev–Trinajstić information content (AvgIpc) is 3.21. The third-order valence-corrected chi connectivity index (χ3v) is 9.43. The van der Waals surface area contributed by atoms with Crippen LogP contribution in [0.2, 0.25) is 0 Å². The number of hydrogen-bond acceptors (Lipinski definition) is 7. The van der Waals surface area contributed by atoms with Crippen LogP contribution >= 0.6 is 0 Å². The molecule has 5 rings (SSSR count). The van der Waals surface area contributed by atoms with E-state index in [9.17, 15) is 37.5 Å².